The molecule has 0 aliphatic rings. The molecule has 0 aliphatic heterocycles. The maximum Gasteiger partial charge on any atom is 0.0660 e. The van der Waals surface area contributed by atoms with E-state index < -0.39 is 0 Å². The van der Waals surface area contributed by atoms with Gasteiger partial charge in [0.25, 0.3) is 0 Å². The van der Waals surface area contributed by atoms with Crippen molar-refractivity contribution in [2.45, 2.75) is 39.3 Å². The van der Waals surface area contributed by atoms with Crippen LogP contribution in [0.5, 0.6) is 0 Å². The van der Waals surface area contributed by atoms with Crippen molar-refractivity contribution < 1.29 is 0 Å². The molecule has 0 spiro atoms. The number of nitrogens with one attached hydrogen (secondary N) is 1. The molecule has 0 aliphatic carbocycles. The minimum Gasteiger partial charge on any atom is -0.301 e. The first-order chi connectivity index (χ1) is 5.70. The van der Waals surface area contributed by atoms with E-state index in [1.165, 1.54) is 17.9 Å². The molecule has 0 rings (SSSR count). The molecule has 0 heterocycles. The van der Waals surface area contributed by atoms with Gasteiger partial charge in [-0.05, 0) is 31.8 Å². The predicted molar refractivity (Wildman–Crippen MR) is 58.5 cm³/mol. The molecule has 2 atom stereocenters. The van der Waals surface area contributed by atoms with Crippen molar-refractivity contribution in [3.63, 3.8) is 0 Å². The average Bonchev–Trinajstić information content (AvgIpc) is 2.05. The molecule has 70 valence electrons. The lowest BCUT2D eigenvalue weighted by Crippen LogP contribution is -2.33. The Balaban J connectivity index is 3.34. The molecule has 2 heteroatoms. The van der Waals surface area contributed by atoms with Gasteiger partial charge in [0, 0.05) is 6.04 Å². The summed E-state index contributed by atoms with van der Waals surface area (Å²) in [5, 5.41) is 3.34. The van der Waals surface area contributed by atoms with E-state index in [2.05, 4.69) is 25.1 Å². The molecule has 1 N–H and O–H groups in total. The van der Waals surface area contributed by atoms with E-state index in [1.54, 1.807) is 0 Å². The zero-order chi connectivity index (χ0) is 9.40. The van der Waals surface area contributed by atoms with Crippen molar-refractivity contribution in [1.82, 2.24) is 5.32 Å². The summed E-state index contributed by atoms with van der Waals surface area (Å²) >= 11 is 1.98. The van der Waals surface area contributed by atoms with Crippen LogP contribution in [-0.4, -0.2) is 23.6 Å². The van der Waals surface area contributed by atoms with Crippen LogP contribution in [0.15, 0.2) is 0 Å². The van der Waals surface area contributed by atoms with Gasteiger partial charge < -0.3 is 5.32 Å². The molecule has 2 unspecified atom stereocenters. The highest BCUT2D eigenvalue weighted by Crippen LogP contribution is 2.03. The highest BCUT2D eigenvalue weighted by molar-refractivity contribution is 7.99. The maximum absolute atomic E-state index is 5.26. The smallest absolute Gasteiger partial charge is 0.0660 e. The number of hydrogen-bond donors (Lipinski definition) is 1. The van der Waals surface area contributed by atoms with Gasteiger partial charge in [-0.25, -0.2) is 0 Å². The zero-order valence-electron chi connectivity index (χ0n) is 8.26. The summed E-state index contributed by atoms with van der Waals surface area (Å²) < 4.78 is 0. The van der Waals surface area contributed by atoms with E-state index in [0.717, 1.165) is 0 Å². The second kappa shape index (κ2) is 7.52. The first kappa shape index (κ1) is 11.9. The molecule has 0 aromatic carbocycles. The van der Waals surface area contributed by atoms with Crippen LogP contribution in [0.25, 0.3) is 0 Å². The van der Waals surface area contributed by atoms with Crippen LogP contribution in [0.4, 0.5) is 0 Å². The standard InChI is InChI=1S/C10H19NS/c1-5-9(3)11-10(4)7-8-12-6-2/h1,9-11H,6-8H2,2-4H3. The van der Waals surface area contributed by atoms with E-state index in [-0.39, 0.29) is 6.04 Å². The van der Waals surface area contributed by atoms with Crippen LogP contribution in [0.2, 0.25) is 0 Å². The largest absolute Gasteiger partial charge is 0.301 e. The Labute approximate surface area is 80.7 Å². The normalized spacial score (nSPS) is 15.2. The lowest BCUT2D eigenvalue weighted by atomic mass is 10.2. The summed E-state index contributed by atoms with van der Waals surface area (Å²) in [6.45, 7) is 6.39. The van der Waals surface area contributed by atoms with Crippen LogP contribution in [-0.2, 0) is 0 Å². The quantitative estimate of drug-likeness (QED) is 0.502. The van der Waals surface area contributed by atoms with Crippen LogP contribution in [0, 0.1) is 12.3 Å². The minimum atomic E-state index is 0.201. The highest BCUT2D eigenvalue weighted by atomic mass is 32.2. The van der Waals surface area contributed by atoms with Crippen LogP contribution in [0.3, 0.4) is 0 Å². The minimum absolute atomic E-state index is 0.201. The Bertz CT molecular complexity index is 139. The number of hydrogen-bond acceptors (Lipinski definition) is 2. The third kappa shape index (κ3) is 6.57. The number of thioether (sulfide) groups is 1. The molecule has 0 aromatic heterocycles. The first-order valence-corrected chi connectivity index (χ1v) is 5.66. The van der Waals surface area contributed by atoms with Crippen molar-refractivity contribution in [3.8, 4) is 12.3 Å². The second-order valence-electron chi connectivity index (χ2n) is 2.94. The van der Waals surface area contributed by atoms with Crippen molar-refractivity contribution in [3.05, 3.63) is 0 Å². The van der Waals surface area contributed by atoms with Gasteiger partial charge in [0.2, 0.25) is 0 Å². The molecule has 0 bridgehead atoms. The zero-order valence-corrected chi connectivity index (χ0v) is 9.08. The Morgan fingerprint density at radius 2 is 2.17 bits per heavy atom. The summed E-state index contributed by atoms with van der Waals surface area (Å²) in [5.41, 5.74) is 0. The second-order valence-corrected chi connectivity index (χ2v) is 4.34. The van der Waals surface area contributed by atoms with Gasteiger partial charge in [-0.3, -0.25) is 0 Å². The van der Waals surface area contributed by atoms with Gasteiger partial charge in [-0.1, -0.05) is 12.8 Å². The molecule has 0 radical (unpaired) electrons. The van der Waals surface area contributed by atoms with Gasteiger partial charge in [0.15, 0.2) is 0 Å². The summed E-state index contributed by atoms with van der Waals surface area (Å²) in [4.78, 5) is 0. The Hall–Kier alpha value is -0.130. The predicted octanol–water partition coefficient (Wildman–Crippen LogP) is 2.13. The fourth-order valence-corrected chi connectivity index (χ4v) is 1.77. The van der Waals surface area contributed by atoms with Crippen molar-refractivity contribution >= 4 is 11.8 Å². The van der Waals surface area contributed by atoms with Crippen molar-refractivity contribution in [1.29, 1.82) is 0 Å². The van der Waals surface area contributed by atoms with E-state index in [9.17, 15) is 0 Å². The third-order valence-electron chi connectivity index (χ3n) is 1.68. The molecule has 0 saturated carbocycles. The fourth-order valence-electron chi connectivity index (χ4n) is 0.963. The first-order valence-electron chi connectivity index (χ1n) is 4.50. The van der Waals surface area contributed by atoms with Crippen LogP contribution in [0.1, 0.15) is 27.2 Å². The number of terminal acetylenes is 1. The Kier molecular flexibility index (Phi) is 7.43. The molecule has 0 fully saturated rings. The van der Waals surface area contributed by atoms with Gasteiger partial charge in [-0.15, -0.1) is 6.42 Å². The van der Waals surface area contributed by atoms with Gasteiger partial charge in [-0.2, -0.15) is 11.8 Å². The van der Waals surface area contributed by atoms with Crippen LogP contribution >= 0.6 is 11.8 Å². The maximum atomic E-state index is 5.26. The topological polar surface area (TPSA) is 12.0 Å². The molecular weight excluding hydrogens is 166 g/mol. The van der Waals surface area contributed by atoms with E-state index in [4.69, 9.17) is 6.42 Å². The van der Waals surface area contributed by atoms with Gasteiger partial charge >= 0.3 is 0 Å². The molecule has 12 heavy (non-hydrogen) atoms. The SMILES string of the molecule is C#CC(C)NC(C)CCSCC. The van der Waals surface area contributed by atoms with E-state index >= 15 is 0 Å². The van der Waals surface area contributed by atoms with E-state index in [1.807, 2.05) is 18.7 Å². The lowest BCUT2D eigenvalue weighted by molar-refractivity contribution is 0.515. The molecule has 0 saturated heterocycles. The fraction of sp³-hybridized carbons (Fsp3) is 0.800. The summed E-state index contributed by atoms with van der Waals surface area (Å²) in [6.07, 6.45) is 6.46. The Morgan fingerprint density at radius 1 is 1.50 bits per heavy atom. The average molecular weight is 185 g/mol. The Morgan fingerprint density at radius 3 is 2.67 bits per heavy atom. The summed E-state index contributed by atoms with van der Waals surface area (Å²) in [5.74, 6) is 5.10. The van der Waals surface area contributed by atoms with Gasteiger partial charge in [0.1, 0.15) is 0 Å². The van der Waals surface area contributed by atoms with Crippen LogP contribution < -0.4 is 5.32 Å². The van der Waals surface area contributed by atoms with Crippen molar-refractivity contribution in [2.24, 2.45) is 0 Å². The number of rotatable bonds is 6. The highest BCUT2D eigenvalue weighted by Gasteiger charge is 2.03. The molecule has 1 nitrogen and oxygen atoms in total. The molecule has 0 aromatic rings. The molecule has 0 amide bonds. The van der Waals surface area contributed by atoms with E-state index in [0.29, 0.717) is 6.04 Å². The summed E-state index contributed by atoms with van der Waals surface area (Å²) in [7, 11) is 0. The summed E-state index contributed by atoms with van der Waals surface area (Å²) in [6, 6.07) is 0.738. The van der Waals surface area contributed by atoms with Crippen molar-refractivity contribution in [2.75, 3.05) is 11.5 Å². The third-order valence-corrected chi connectivity index (χ3v) is 2.62. The van der Waals surface area contributed by atoms with Gasteiger partial charge in [0.05, 0.1) is 6.04 Å². The molecular formula is C10H19NS. The lowest BCUT2D eigenvalue weighted by Gasteiger charge is -2.15. The monoisotopic (exact) mass is 185 g/mol.